The number of rotatable bonds is 4. The van der Waals surface area contributed by atoms with Gasteiger partial charge >= 0.3 is 6.16 Å². The van der Waals surface area contributed by atoms with Crippen LogP contribution in [0.4, 0.5) is 4.79 Å². The fraction of sp³-hybridized carbons (Fsp3) is 0.889. The predicted octanol–water partition coefficient (Wildman–Crippen LogP) is 2.38. The van der Waals surface area contributed by atoms with Crippen molar-refractivity contribution < 1.29 is 15.0 Å². The van der Waals surface area contributed by atoms with Crippen LogP contribution in [0.15, 0.2) is 0 Å². The quantitative estimate of drug-likeness (QED) is 0.637. The largest absolute Gasteiger partial charge is 0.503 e. The summed E-state index contributed by atoms with van der Waals surface area (Å²) in [5, 5.41) is 13.9. The van der Waals surface area contributed by atoms with E-state index in [9.17, 15) is 0 Å². The second kappa shape index (κ2) is 9.32. The lowest BCUT2D eigenvalue weighted by Gasteiger charge is -2.11. The molecule has 13 heavy (non-hydrogen) atoms. The highest BCUT2D eigenvalue weighted by atomic mass is 16.6. The van der Waals surface area contributed by atoms with E-state index < -0.39 is 6.16 Å². The van der Waals surface area contributed by atoms with Gasteiger partial charge in [0, 0.05) is 6.04 Å². The molecule has 0 bridgehead atoms. The lowest BCUT2D eigenvalue weighted by Crippen LogP contribution is -2.18. The van der Waals surface area contributed by atoms with Crippen LogP contribution in [0.1, 0.15) is 40.0 Å². The Kier molecular flexibility index (Phi) is 10.6. The van der Waals surface area contributed by atoms with E-state index in [1.807, 2.05) is 0 Å². The van der Waals surface area contributed by atoms with E-state index in [0.717, 1.165) is 5.92 Å². The van der Waals surface area contributed by atoms with Gasteiger partial charge in [-0.2, -0.15) is 0 Å². The molecule has 0 saturated heterocycles. The maximum absolute atomic E-state index is 8.56. The lowest BCUT2D eigenvalue weighted by molar-refractivity contribution is 0.137. The van der Waals surface area contributed by atoms with Crippen LogP contribution in [0.5, 0.6) is 0 Å². The fourth-order valence-corrected chi connectivity index (χ4v) is 1.25. The normalized spacial score (nSPS) is 13.8. The maximum atomic E-state index is 8.56. The Morgan fingerprint density at radius 1 is 1.38 bits per heavy atom. The van der Waals surface area contributed by atoms with Gasteiger partial charge in [-0.05, 0) is 19.3 Å². The minimum Gasteiger partial charge on any atom is -0.450 e. The molecule has 0 spiro atoms. The van der Waals surface area contributed by atoms with Crippen molar-refractivity contribution in [1.82, 2.24) is 0 Å². The SMILES string of the molecule is CCCC(C)CC(C)N.O=C(O)O. The highest BCUT2D eigenvalue weighted by Gasteiger charge is 2.02. The van der Waals surface area contributed by atoms with E-state index in [4.69, 9.17) is 20.7 Å². The zero-order valence-electron chi connectivity index (χ0n) is 8.66. The summed E-state index contributed by atoms with van der Waals surface area (Å²) in [7, 11) is 0. The molecule has 0 aliphatic carbocycles. The molecule has 0 aliphatic heterocycles. The van der Waals surface area contributed by atoms with Crippen molar-refractivity contribution >= 4 is 6.16 Å². The number of hydrogen-bond donors (Lipinski definition) is 3. The highest BCUT2D eigenvalue weighted by Crippen LogP contribution is 2.10. The molecule has 0 aromatic rings. The zero-order valence-corrected chi connectivity index (χ0v) is 8.66. The molecule has 4 N–H and O–H groups in total. The van der Waals surface area contributed by atoms with Crippen LogP contribution in [-0.2, 0) is 0 Å². The summed E-state index contributed by atoms with van der Waals surface area (Å²) in [6.45, 7) is 6.57. The Morgan fingerprint density at radius 2 is 1.77 bits per heavy atom. The van der Waals surface area contributed by atoms with Crippen molar-refractivity contribution in [1.29, 1.82) is 0 Å². The Hall–Kier alpha value is -0.770. The molecule has 0 aliphatic rings. The van der Waals surface area contributed by atoms with Crippen molar-refractivity contribution in [3.8, 4) is 0 Å². The molecule has 0 saturated carbocycles. The molecule has 2 unspecified atom stereocenters. The third-order valence-corrected chi connectivity index (χ3v) is 1.56. The summed E-state index contributed by atoms with van der Waals surface area (Å²) >= 11 is 0. The van der Waals surface area contributed by atoms with Crippen molar-refractivity contribution in [2.24, 2.45) is 11.7 Å². The topological polar surface area (TPSA) is 83.6 Å². The number of nitrogens with two attached hydrogens (primary N) is 1. The van der Waals surface area contributed by atoms with Gasteiger partial charge in [-0.1, -0.05) is 26.7 Å². The second-order valence-corrected chi connectivity index (χ2v) is 3.39. The maximum Gasteiger partial charge on any atom is 0.503 e. The van der Waals surface area contributed by atoms with Gasteiger partial charge in [0.25, 0.3) is 0 Å². The molecular weight excluding hydrogens is 170 g/mol. The minimum absolute atomic E-state index is 0.381. The van der Waals surface area contributed by atoms with E-state index in [1.165, 1.54) is 19.3 Å². The Balaban J connectivity index is 0. The summed E-state index contributed by atoms with van der Waals surface area (Å²) in [6.07, 6.45) is 1.95. The molecule has 0 amide bonds. The fourth-order valence-electron chi connectivity index (χ4n) is 1.25. The average Bonchev–Trinajstić information content (AvgIpc) is 1.83. The number of hydrogen-bond acceptors (Lipinski definition) is 2. The smallest absolute Gasteiger partial charge is 0.450 e. The lowest BCUT2D eigenvalue weighted by atomic mass is 9.99. The summed E-state index contributed by atoms with van der Waals surface area (Å²) in [5.74, 6) is 0.815. The first kappa shape index (κ1) is 14.7. The molecule has 0 radical (unpaired) electrons. The van der Waals surface area contributed by atoms with E-state index in [2.05, 4.69) is 20.8 Å². The van der Waals surface area contributed by atoms with Crippen LogP contribution >= 0.6 is 0 Å². The predicted molar refractivity (Wildman–Crippen MR) is 53.0 cm³/mol. The number of carbonyl (C=O) groups is 1. The monoisotopic (exact) mass is 191 g/mol. The third kappa shape index (κ3) is 24.6. The molecule has 4 nitrogen and oxygen atoms in total. The summed E-state index contributed by atoms with van der Waals surface area (Å²) in [6, 6.07) is 0.381. The van der Waals surface area contributed by atoms with Gasteiger partial charge in [0.15, 0.2) is 0 Å². The molecule has 0 heterocycles. The van der Waals surface area contributed by atoms with Crippen LogP contribution < -0.4 is 5.73 Å². The molecule has 80 valence electrons. The zero-order chi connectivity index (χ0) is 10.9. The molecular formula is C9H21NO3. The average molecular weight is 191 g/mol. The van der Waals surface area contributed by atoms with Gasteiger partial charge in [-0.25, -0.2) is 4.79 Å². The van der Waals surface area contributed by atoms with E-state index >= 15 is 0 Å². The first-order valence-corrected chi connectivity index (χ1v) is 4.57. The van der Waals surface area contributed by atoms with E-state index in [-0.39, 0.29) is 0 Å². The molecule has 4 heteroatoms. The molecule has 0 aromatic carbocycles. The van der Waals surface area contributed by atoms with Gasteiger partial charge in [-0.3, -0.25) is 0 Å². The van der Waals surface area contributed by atoms with Gasteiger partial charge in [-0.15, -0.1) is 0 Å². The summed E-state index contributed by atoms with van der Waals surface area (Å²) in [4.78, 5) is 8.56. The van der Waals surface area contributed by atoms with Crippen molar-refractivity contribution in [3.63, 3.8) is 0 Å². The van der Waals surface area contributed by atoms with Gasteiger partial charge in [0.1, 0.15) is 0 Å². The molecule has 0 rings (SSSR count). The summed E-state index contributed by atoms with van der Waals surface area (Å²) < 4.78 is 0. The van der Waals surface area contributed by atoms with E-state index in [0.29, 0.717) is 6.04 Å². The first-order valence-electron chi connectivity index (χ1n) is 4.57. The molecule has 0 aromatic heterocycles. The Labute approximate surface area is 79.8 Å². The van der Waals surface area contributed by atoms with Crippen LogP contribution in [0.2, 0.25) is 0 Å². The molecule has 2 atom stereocenters. The summed E-state index contributed by atoms with van der Waals surface area (Å²) in [5.41, 5.74) is 5.62. The van der Waals surface area contributed by atoms with Crippen LogP contribution in [0.25, 0.3) is 0 Å². The van der Waals surface area contributed by atoms with Gasteiger partial charge in [0.2, 0.25) is 0 Å². The first-order chi connectivity index (χ1) is 5.90. The Bertz CT molecular complexity index is 122. The van der Waals surface area contributed by atoms with Gasteiger partial charge in [0.05, 0.1) is 0 Å². The van der Waals surface area contributed by atoms with Crippen LogP contribution in [0.3, 0.4) is 0 Å². The molecule has 0 fully saturated rings. The van der Waals surface area contributed by atoms with E-state index in [1.54, 1.807) is 0 Å². The van der Waals surface area contributed by atoms with Crippen molar-refractivity contribution in [3.05, 3.63) is 0 Å². The Morgan fingerprint density at radius 3 is 2.00 bits per heavy atom. The van der Waals surface area contributed by atoms with Gasteiger partial charge < -0.3 is 15.9 Å². The number of carboxylic acid groups (broad SMARTS) is 2. The van der Waals surface area contributed by atoms with Crippen LogP contribution in [0, 0.1) is 5.92 Å². The second-order valence-electron chi connectivity index (χ2n) is 3.39. The van der Waals surface area contributed by atoms with Crippen molar-refractivity contribution in [2.45, 2.75) is 46.1 Å². The van der Waals surface area contributed by atoms with Crippen LogP contribution in [-0.4, -0.2) is 22.4 Å². The minimum atomic E-state index is -1.83. The highest BCUT2D eigenvalue weighted by molar-refractivity contribution is 5.53. The third-order valence-electron chi connectivity index (χ3n) is 1.56. The standard InChI is InChI=1S/C8H19N.CH2O3/c1-4-5-7(2)6-8(3)9;2-1(3)4/h7-8H,4-6,9H2,1-3H3;(H2,2,3,4). The van der Waals surface area contributed by atoms with Crippen molar-refractivity contribution in [2.75, 3.05) is 0 Å².